The van der Waals surface area contributed by atoms with Gasteiger partial charge in [-0.3, -0.25) is 4.79 Å². The summed E-state index contributed by atoms with van der Waals surface area (Å²) in [4.78, 5) is 25.9. The van der Waals surface area contributed by atoms with E-state index >= 15 is 0 Å². The van der Waals surface area contributed by atoms with Crippen LogP contribution >= 0.6 is 27.5 Å². The van der Waals surface area contributed by atoms with E-state index in [9.17, 15) is 14.0 Å². The first-order chi connectivity index (χ1) is 11.6. The van der Waals surface area contributed by atoms with E-state index in [1.165, 1.54) is 6.07 Å². The minimum atomic E-state index is -0.670. The summed E-state index contributed by atoms with van der Waals surface area (Å²) in [5, 5.41) is 3.02. The van der Waals surface area contributed by atoms with Gasteiger partial charge in [-0.1, -0.05) is 11.6 Å². The maximum absolute atomic E-state index is 13.9. The molecule has 0 atom stereocenters. The summed E-state index contributed by atoms with van der Waals surface area (Å²) in [6.07, 6.45) is 0.813. The Kier molecular flexibility index (Phi) is 6.32. The third-order valence-corrected chi connectivity index (χ3v) is 4.93. The Labute approximate surface area is 160 Å². The number of nitrogens with zero attached hydrogens (tertiary/aromatic N) is 1. The van der Waals surface area contributed by atoms with Crippen LogP contribution in [0.15, 0.2) is 16.6 Å². The molecule has 0 aliphatic carbocycles. The zero-order chi connectivity index (χ0) is 18.8. The summed E-state index contributed by atoms with van der Waals surface area (Å²) in [7, 11) is 0. The Morgan fingerprint density at radius 3 is 2.48 bits per heavy atom. The number of hydrogen-bond acceptors (Lipinski definition) is 3. The Hall–Kier alpha value is -1.34. The first-order valence-electron chi connectivity index (χ1n) is 8.00. The zero-order valence-electron chi connectivity index (χ0n) is 14.4. The molecule has 0 radical (unpaired) electrons. The molecule has 2 amide bonds. The van der Waals surface area contributed by atoms with Crippen molar-refractivity contribution in [2.75, 3.05) is 13.1 Å². The smallest absolute Gasteiger partial charge is 0.410 e. The summed E-state index contributed by atoms with van der Waals surface area (Å²) in [6.45, 7) is 6.41. The molecule has 25 heavy (non-hydrogen) atoms. The van der Waals surface area contributed by atoms with Crippen LogP contribution in [0.1, 0.15) is 44.0 Å². The maximum Gasteiger partial charge on any atom is 0.410 e. The van der Waals surface area contributed by atoms with Gasteiger partial charge in [0.15, 0.2) is 0 Å². The number of piperidine rings is 1. The number of halogens is 3. The van der Waals surface area contributed by atoms with E-state index in [-0.39, 0.29) is 22.7 Å². The summed E-state index contributed by atoms with van der Waals surface area (Å²) >= 11 is 8.99. The molecule has 8 heteroatoms. The van der Waals surface area contributed by atoms with Gasteiger partial charge < -0.3 is 15.0 Å². The number of hydrogen-bond donors (Lipinski definition) is 1. The third-order valence-electron chi connectivity index (χ3n) is 3.74. The summed E-state index contributed by atoms with van der Waals surface area (Å²) < 4.78 is 19.7. The van der Waals surface area contributed by atoms with Crippen molar-refractivity contribution in [2.24, 2.45) is 0 Å². The number of likely N-dealkylation sites (tertiary alicyclic amines) is 1. The first-order valence-corrected chi connectivity index (χ1v) is 9.17. The van der Waals surface area contributed by atoms with E-state index in [1.807, 2.05) is 20.8 Å². The van der Waals surface area contributed by atoms with Gasteiger partial charge in [0.25, 0.3) is 5.91 Å². The lowest BCUT2D eigenvalue weighted by molar-refractivity contribution is 0.0199. The highest BCUT2D eigenvalue weighted by molar-refractivity contribution is 9.10. The van der Waals surface area contributed by atoms with Crippen LogP contribution in [0, 0.1) is 5.82 Å². The molecular formula is C17H21BrClFN2O3. The highest BCUT2D eigenvalue weighted by atomic mass is 79.9. The normalized spacial score (nSPS) is 15.8. The molecule has 1 aromatic rings. The van der Waals surface area contributed by atoms with Crippen LogP contribution in [0.3, 0.4) is 0 Å². The van der Waals surface area contributed by atoms with Gasteiger partial charge in [-0.05, 0) is 61.7 Å². The number of nitrogens with one attached hydrogen (secondary N) is 1. The van der Waals surface area contributed by atoms with Gasteiger partial charge in [0.2, 0.25) is 0 Å². The number of amides is 2. The standard InChI is InChI=1S/C17H21BrClFN2O3/c1-17(2,3)25-16(24)22-6-4-10(5-7-22)21-15(23)11-8-12(18)13(19)9-14(11)20/h8-10H,4-7H2,1-3H3,(H,21,23). The topological polar surface area (TPSA) is 58.6 Å². The molecule has 1 aromatic carbocycles. The van der Waals surface area contributed by atoms with Crippen LogP contribution in [0.4, 0.5) is 9.18 Å². The van der Waals surface area contributed by atoms with Crippen molar-refractivity contribution in [3.05, 3.63) is 33.0 Å². The molecule has 1 aliphatic rings. The van der Waals surface area contributed by atoms with Crippen molar-refractivity contribution in [3.8, 4) is 0 Å². The van der Waals surface area contributed by atoms with Crippen LogP contribution in [0.25, 0.3) is 0 Å². The molecule has 1 N–H and O–H groups in total. The van der Waals surface area contributed by atoms with Crippen LogP contribution in [-0.2, 0) is 4.74 Å². The highest BCUT2D eigenvalue weighted by Crippen LogP contribution is 2.26. The minimum absolute atomic E-state index is 0.0640. The zero-order valence-corrected chi connectivity index (χ0v) is 16.7. The molecule has 0 aromatic heterocycles. The van der Waals surface area contributed by atoms with Gasteiger partial charge in [-0.2, -0.15) is 0 Å². The van der Waals surface area contributed by atoms with Gasteiger partial charge >= 0.3 is 6.09 Å². The minimum Gasteiger partial charge on any atom is -0.444 e. The lowest BCUT2D eigenvalue weighted by Gasteiger charge is -2.33. The van der Waals surface area contributed by atoms with Crippen molar-refractivity contribution in [2.45, 2.75) is 45.3 Å². The monoisotopic (exact) mass is 434 g/mol. The Morgan fingerprint density at radius 1 is 1.32 bits per heavy atom. The van der Waals surface area contributed by atoms with Crippen molar-refractivity contribution in [1.82, 2.24) is 10.2 Å². The lowest BCUT2D eigenvalue weighted by atomic mass is 10.0. The summed E-state index contributed by atoms with van der Waals surface area (Å²) in [5.41, 5.74) is -0.604. The van der Waals surface area contributed by atoms with Crippen molar-refractivity contribution in [3.63, 3.8) is 0 Å². The molecule has 1 saturated heterocycles. The third kappa shape index (κ3) is 5.57. The largest absolute Gasteiger partial charge is 0.444 e. The maximum atomic E-state index is 13.9. The Bertz CT molecular complexity index is 671. The molecule has 0 bridgehead atoms. The number of carbonyl (C=O) groups excluding carboxylic acids is 2. The number of ether oxygens (including phenoxy) is 1. The van der Waals surface area contributed by atoms with E-state index in [4.69, 9.17) is 16.3 Å². The molecule has 138 valence electrons. The molecule has 0 spiro atoms. The Balaban J connectivity index is 1.91. The van der Waals surface area contributed by atoms with Crippen LogP contribution in [0.5, 0.6) is 0 Å². The summed E-state index contributed by atoms with van der Waals surface area (Å²) in [6, 6.07) is 2.34. The molecule has 1 aliphatic heterocycles. The summed E-state index contributed by atoms with van der Waals surface area (Å²) in [5.74, 6) is -1.16. The van der Waals surface area contributed by atoms with Gasteiger partial charge in [0.1, 0.15) is 11.4 Å². The second kappa shape index (κ2) is 7.91. The second-order valence-electron chi connectivity index (χ2n) is 6.96. The first kappa shape index (κ1) is 20.0. The van der Waals surface area contributed by atoms with E-state index in [2.05, 4.69) is 21.2 Å². The quantitative estimate of drug-likeness (QED) is 0.702. The molecular weight excluding hydrogens is 415 g/mol. The molecule has 5 nitrogen and oxygen atoms in total. The van der Waals surface area contributed by atoms with Gasteiger partial charge in [0, 0.05) is 23.6 Å². The predicted octanol–water partition coefficient (Wildman–Crippen LogP) is 4.37. The van der Waals surface area contributed by atoms with E-state index in [0.717, 1.165) is 6.07 Å². The van der Waals surface area contributed by atoms with Gasteiger partial charge in [-0.15, -0.1) is 0 Å². The van der Waals surface area contributed by atoms with Crippen LogP contribution < -0.4 is 5.32 Å². The molecule has 1 heterocycles. The van der Waals surface area contributed by atoms with Crippen molar-refractivity contribution < 1.29 is 18.7 Å². The molecule has 0 unspecified atom stereocenters. The SMILES string of the molecule is CC(C)(C)OC(=O)N1CCC(NC(=O)c2cc(Br)c(Cl)cc2F)CC1. The van der Waals surface area contributed by atoms with Crippen LogP contribution in [0.2, 0.25) is 5.02 Å². The molecule has 0 saturated carbocycles. The molecule has 1 fully saturated rings. The van der Waals surface area contributed by atoms with Gasteiger partial charge in [0.05, 0.1) is 10.6 Å². The van der Waals surface area contributed by atoms with E-state index in [0.29, 0.717) is 30.4 Å². The highest BCUT2D eigenvalue weighted by Gasteiger charge is 2.28. The molecule has 2 rings (SSSR count). The number of carbonyl (C=O) groups is 2. The fourth-order valence-electron chi connectivity index (χ4n) is 2.49. The average Bonchev–Trinajstić information content (AvgIpc) is 2.49. The van der Waals surface area contributed by atoms with Gasteiger partial charge in [-0.25, -0.2) is 9.18 Å². The van der Waals surface area contributed by atoms with E-state index < -0.39 is 17.3 Å². The number of benzene rings is 1. The lowest BCUT2D eigenvalue weighted by Crippen LogP contribution is -2.47. The predicted molar refractivity (Wildman–Crippen MR) is 97.4 cm³/mol. The average molecular weight is 436 g/mol. The number of rotatable bonds is 2. The van der Waals surface area contributed by atoms with Crippen molar-refractivity contribution in [1.29, 1.82) is 0 Å². The fourth-order valence-corrected chi connectivity index (χ4v) is 2.99. The van der Waals surface area contributed by atoms with Crippen LogP contribution in [-0.4, -0.2) is 41.6 Å². The second-order valence-corrected chi connectivity index (χ2v) is 8.22. The Morgan fingerprint density at radius 2 is 1.92 bits per heavy atom. The van der Waals surface area contributed by atoms with E-state index in [1.54, 1.807) is 4.90 Å². The van der Waals surface area contributed by atoms with Crippen molar-refractivity contribution >= 4 is 39.5 Å². The fraction of sp³-hybridized carbons (Fsp3) is 0.529.